The average molecular weight is 475 g/mol. The molecule has 0 spiro atoms. The number of amides is 1. The number of nitrogens with one attached hydrogen (secondary N) is 1. The number of sulfonamides is 1. The Labute approximate surface area is 207 Å². The molecule has 11 heteroatoms. The van der Waals surface area contributed by atoms with E-state index >= 15 is 0 Å². The van der Waals surface area contributed by atoms with E-state index in [0.717, 1.165) is 16.2 Å². The quantitative estimate of drug-likeness (QED) is 0.352. The number of rotatable bonds is 8. The van der Waals surface area contributed by atoms with Crippen molar-refractivity contribution in [3.05, 3.63) is 58.6 Å². The maximum Gasteiger partial charge on any atom is 1.00 e. The van der Waals surface area contributed by atoms with Gasteiger partial charge in [0.05, 0.1) is 11.4 Å². The molecule has 2 aromatic rings. The molecule has 0 saturated heterocycles. The third-order valence-corrected chi connectivity index (χ3v) is 6.43. The van der Waals surface area contributed by atoms with Gasteiger partial charge in [-0.05, 0) is 60.4 Å². The number of benzene rings is 2. The molecule has 0 saturated carbocycles. The van der Waals surface area contributed by atoms with Gasteiger partial charge in [-0.2, -0.15) is 5.06 Å². The van der Waals surface area contributed by atoms with Crippen molar-refractivity contribution in [3.63, 3.8) is 0 Å². The number of halogens is 1. The molecular weight excluding hydrogens is 455 g/mol. The van der Waals surface area contributed by atoms with Gasteiger partial charge in [-0.25, -0.2) is 13.1 Å². The van der Waals surface area contributed by atoms with E-state index in [4.69, 9.17) is 16.4 Å². The Balaban J connectivity index is 0.00000341. The standard InChI is InChI=1S/C20H21ClN2O6S.Na/c1-13(24)23(9-8-20(25)26)29-18-5-2-14-10-17(11-15(14)12-18)22-30(27,28)19-6-3-16(21)4-7-19;/h2-7,12,17,22H,8-11H2,1H3,(H,25,26);/q;+1/p-1. The summed E-state index contributed by atoms with van der Waals surface area (Å²) in [7, 11) is -3.69. The third kappa shape index (κ3) is 6.93. The molecular formula is C20H20ClN2NaO6S. The van der Waals surface area contributed by atoms with E-state index < -0.39 is 21.9 Å². The van der Waals surface area contributed by atoms with E-state index in [0.29, 0.717) is 23.6 Å². The monoisotopic (exact) mass is 474 g/mol. The van der Waals surface area contributed by atoms with E-state index in [1.165, 1.54) is 31.2 Å². The van der Waals surface area contributed by atoms with Gasteiger partial charge in [0.1, 0.15) is 0 Å². The molecule has 8 nitrogen and oxygen atoms in total. The number of carboxylic acid groups (broad SMARTS) is 1. The smallest absolute Gasteiger partial charge is 0.550 e. The molecule has 1 aliphatic carbocycles. The number of carbonyl (C=O) groups is 2. The van der Waals surface area contributed by atoms with Crippen molar-refractivity contribution < 1.29 is 57.5 Å². The Hall–Kier alpha value is -1.62. The maximum atomic E-state index is 12.6. The van der Waals surface area contributed by atoms with Crippen LogP contribution in [0.3, 0.4) is 0 Å². The molecule has 1 atom stereocenters. The number of carboxylic acids is 1. The van der Waals surface area contributed by atoms with Crippen molar-refractivity contribution >= 4 is 33.5 Å². The van der Waals surface area contributed by atoms with Gasteiger partial charge in [0.15, 0.2) is 5.75 Å². The van der Waals surface area contributed by atoms with Crippen molar-refractivity contribution in [1.29, 1.82) is 0 Å². The fraction of sp³-hybridized carbons (Fsp3) is 0.300. The summed E-state index contributed by atoms with van der Waals surface area (Å²) in [4.78, 5) is 27.9. The predicted octanol–water partition coefficient (Wildman–Crippen LogP) is -1.93. The van der Waals surface area contributed by atoms with E-state index in [9.17, 15) is 23.1 Å². The van der Waals surface area contributed by atoms with E-state index in [1.54, 1.807) is 18.2 Å². The Morgan fingerprint density at radius 2 is 1.81 bits per heavy atom. The fourth-order valence-electron chi connectivity index (χ4n) is 3.22. The molecule has 1 aliphatic rings. The first-order chi connectivity index (χ1) is 14.1. The van der Waals surface area contributed by atoms with Gasteiger partial charge in [0.25, 0.3) is 5.91 Å². The zero-order chi connectivity index (χ0) is 21.9. The van der Waals surface area contributed by atoms with Gasteiger partial charge < -0.3 is 14.7 Å². The SMILES string of the molecule is CC(=O)N(CCC(=O)[O-])Oc1ccc2c(c1)CC(NS(=O)(=O)c1ccc(Cl)cc1)C2.[Na+]. The van der Waals surface area contributed by atoms with Crippen LogP contribution in [0.4, 0.5) is 0 Å². The van der Waals surface area contributed by atoms with Gasteiger partial charge >= 0.3 is 29.6 Å². The zero-order valence-electron chi connectivity index (χ0n) is 17.1. The Morgan fingerprint density at radius 3 is 2.42 bits per heavy atom. The van der Waals surface area contributed by atoms with Crippen molar-refractivity contribution in [2.45, 2.75) is 37.1 Å². The molecule has 1 unspecified atom stereocenters. The van der Waals surface area contributed by atoms with Crippen LogP contribution in [0.15, 0.2) is 47.4 Å². The summed E-state index contributed by atoms with van der Waals surface area (Å²) in [6, 6.07) is 10.8. The summed E-state index contributed by atoms with van der Waals surface area (Å²) in [6.07, 6.45) is 0.626. The summed E-state index contributed by atoms with van der Waals surface area (Å²) >= 11 is 5.81. The molecule has 0 radical (unpaired) electrons. The fourth-order valence-corrected chi connectivity index (χ4v) is 4.59. The largest absolute Gasteiger partial charge is 1.00 e. The van der Waals surface area contributed by atoms with Crippen molar-refractivity contribution in [3.8, 4) is 5.75 Å². The van der Waals surface area contributed by atoms with Crippen LogP contribution in [0.2, 0.25) is 5.02 Å². The first kappa shape index (κ1) is 25.6. The summed E-state index contributed by atoms with van der Waals surface area (Å²) in [5, 5.41) is 12.0. The van der Waals surface area contributed by atoms with E-state index in [1.807, 2.05) is 0 Å². The van der Waals surface area contributed by atoms with E-state index in [2.05, 4.69) is 4.72 Å². The van der Waals surface area contributed by atoms with E-state index in [-0.39, 0.29) is 53.5 Å². The van der Waals surface area contributed by atoms with Crippen molar-refractivity contribution in [2.24, 2.45) is 0 Å². The molecule has 2 aromatic carbocycles. The van der Waals surface area contributed by atoms with Crippen LogP contribution in [0.25, 0.3) is 0 Å². The number of hydroxylamine groups is 2. The molecule has 0 heterocycles. The van der Waals surface area contributed by atoms with Gasteiger partial charge in [-0.3, -0.25) is 4.79 Å². The first-order valence-corrected chi connectivity index (χ1v) is 11.1. The van der Waals surface area contributed by atoms with Crippen LogP contribution in [-0.4, -0.2) is 37.9 Å². The van der Waals surface area contributed by atoms with Crippen LogP contribution >= 0.6 is 11.6 Å². The second-order valence-electron chi connectivity index (χ2n) is 6.95. The number of aliphatic carboxylic acids is 1. The first-order valence-electron chi connectivity index (χ1n) is 9.19. The van der Waals surface area contributed by atoms with Crippen LogP contribution in [0, 0.1) is 0 Å². The topological polar surface area (TPSA) is 116 Å². The Morgan fingerprint density at radius 1 is 1.16 bits per heavy atom. The average Bonchev–Trinajstić information content (AvgIpc) is 3.05. The third-order valence-electron chi connectivity index (χ3n) is 4.64. The minimum absolute atomic E-state index is 0. The molecule has 0 aliphatic heterocycles. The number of fused-ring (bicyclic) bond motifs is 1. The van der Waals surface area contributed by atoms with Crippen molar-refractivity contribution in [2.75, 3.05) is 6.54 Å². The number of hydrogen-bond donors (Lipinski definition) is 1. The van der Waals surface area contributed by atoms with Crippen LogP contribution in [0.5, 0.6) is 5.75 Å². The Kier molecular flexibility index (Phi) is 8.93. The number of carbonyl (C=O) groups excluding carboxylic acids is 2. The number of hydrogen-bond acceptors (Lipinski definition) is 6. The molecule has 3 rings (SSSR count). The molecule has 0 fully saturated rings. The van der Waals surface area contributed by atoms with Crippen LogP contribution in [-0.2, 0) is 32.5 Å². The van der Waals surface area contributed by atoms with Crippen molar-refractivity contribution in [1.82, 2.24) is 9.79 Å². The zero-order valence-corrected chi connectivity index (χ0v) is 20.7. The summed E-state index contributed by atoms with van der Waals surface area (Å²) in [5.41, 5.74) is 1.86. The minimum atomic E-state index is -3.69. The van der Waals surface area contributed by atoms with Crippen LogP contribution in [0.1, 0.15) is 24.5 Å². The molecule has 0 bridgehead atoms. The maximum absolute atomic E-state index is 12.6. The normalized spacial score (nSPS) is 15.0. The van der Waals surface area contributed by atoms with Crippen LogP contribution < -0.4 is 44.2 Å². The Bertz CT molecular complexity index is 1060. The summed E-state index contributed by atoms with van der Waals surface area (Å²) in [6.45, 7) is 1.13. The van der Waals surface area contributed by atoms with Gasteiger partial charge in [0.2, 0.25) is 10.0 Å². The molecule has 31 heavy (non-hydrogen) atoms. The van der Waals surface area contributed by atoms with Gasteiger partial charge in [-0.1, -0.05) is 17.7 Å². The summed E-state index contributed by atoms with van der Waals surface area (Å²) < 4.78 is 27.9. The number of nitrogens with zero attached hydrogens (tertiary/aromatic N) is 1. The molecule has 0 aromatic heterocycles. The van der Waals surface area contributed by atoms with Gasteiger partial charge in [-0.15, -0.1) is 0 Å². The summed E-state index contributed by atoms with van der Waals surface area (Å²) in [5.74, 6) is -1.36. The molecule has 1 amide bonds. The predicted molar refractivity (Wildman–Crippen MR) is 107 cm³/mol. The minimum Gasteiger partial charge on any atom is -0.550 e. The molecule has 1 N–H and O–H groups in total. The second-order valence-corrected chi connectivity index (χ2v) is 9.10. The molecule has 160 valence electrons. The second kappa shape index (κ2) is 10.8. The van der Waals surface area contributed by atoms with Gasteiger partial charge in [0, 0.05) is 30.4 Å².